The van der Waals surface area contributed by atoms with Gasteiger partial charge in [0.15, 0.2) is 5.82 Å². The molecule has 3 atom stereocenters. The number of amidine groups is 1. The zero-order valence-corrected chi connectivity index (χ0v) is 24.8. The number of nitrogens with one attached hydrogen (secondary N) is 4. The van der Waals surface area contributed by atoms with E-state index in [0.717, 1.165) is 24.0 Å². The number of rotatable bonds is 11. The van der Waals surface area contributed by atoms with Crippen LogP contribution in [0.25, 0.3) is 28.0 Å². The molecule has 2 aromatic heterocycles. The summed E-state index contributed by atoms with van der Waals surface area (Å²) in [5.74, 6) is -0.112. The predicted octanol–water partition coefficient (Wildman–Crippen LogP) is 3.82. The molecule has 7 N–H and O–H groups in total. The summed E-state index contributed by atoms with van der Waals surface area (Å²) in [5.41, 5.74) is 8.99. The molecule has 0 radical (unpaired) electrons. The lowest BCUT2D eigenvalue weighted by molar-refractivity contribution is 0.0431. The van der Waals surface area contributed by atoms with Crippen molar-refractivity contribution in [1.29, 1.82) is 5.41 Å². The van der Waals surface area contributed by atoms with Gasteiger partial charge in [-0.15, -0.1) is 0 Å². The van der Waals surface area contributed by atoms with Crippen LogP contribution in [0.5, 0.6) is 0 Å². The number of morpholine rings is 1. The zero-order chi connectivity index (χ0) is 30.5. The molecule has 2 aromatic carbocycles. The molecule has 5 rings (SSSR count). The van der Waals surface area contributed by atoms with Gasteiger partial charge in [0.2, 0.25) is 0 Å². The highest BCUT2D eigenvalue weighted by Crippen LogP contribution is 2.31. The summed E-state index contributed by atoms with van der Waals surface area (Å²) in [5, 5.41) is 24.0. The first-order valence-corrected chi connectivity index (χ1v) is 14.8. The van der Waals surface area contributed by atoms with Crippen molar-refractivity contribution in [3.05, 3.63) is 81.1 Å². The van der Waals surface area contributed by atoms with E-state index in [1.807, 2.05) is 24.3 Å². The smallest absolute Gasteiger partial charge is 0.354 e. The normalized spacial score (nSPS) is 17.7. The number of H-pyrrole nitrogens is 1. The molecule has 4 aromatic rings. The van der Waals surface area contributed by atoms with Crippen LogP contribution in [0.15, 0.2) is 53.5 Å². The molecular weight excluding hydrogens is 573 g/mol. The van der Waals surface area contributed by atoms with Gasteiger partial charge in [-0.3, -0.25) is 9.98 Å². The fraction of sp³-hybridized carbons (Fsp3) is 0.387. The van der Waals surface area contributed by atoms with Crippen molar-refractivity contribution in [1.82, 2.24) is 25.2 Å². The Balaban J connectivity index is 1.34. The Morgan fingerprint density at radius 1 is 1.30 bits per heavy atom. The summed E-state index contributed by atoms with van der Waals surface area (Å²) in [4.78, 5) is 20.3. The molecule has 228 valence electrons. The molecule has 1 saturated heterocycles. The molecule has 0 spiro atoms. The molecule has 43 heavy (non-hydrogen) atoms. The number of aliphatic hydroxyl groups is 1. The monoisotopic (exact) mass is 609 g/mol. The van der Waals surface area contributed by atoms with Gasteiger partial charge in [0.05, 0.1) is 48.1 Å². The fourth-order valence-electron chi connectivity index (χ4n) is 5.34. The van der Waals surface area contributed by atoms with Crippen LogP contribution in [0.2, 0.25) is 5.02 Å². The minimum Gasteiger partial charge on any atom is -0.395 e. The second kappa shape index (κ2) is 13.8. The van der Waals surface area contributed by atoms with Gasteiger partial charge >= 0.3 is 5.69 Å². The number of aliphatic hydroxyl groups excluding tert-OH is 1. The number of aromatic amines is 1. The number of hydrogen-bond acceptors (Lipinski definition) is 7. The van der Waals surface area contributed by atoms with Gasteiger partial charge in [0.25, 0.3) is 0 Å². The topological polar surface area (TPSA) is 154 Å². The van der Waals surface area contributed by atoms with E-state index in [1.54, 1.807) is 31.3 Å². The number of nitrogens with zero attached hydrogens (tertiary/aromatic N) is 2. The molecule has 0 amide bonds. The van der Waals surface area contributed by atoms with E-state index in [1.165, 1.54) is 4.57 Å². The van der Waals surface area contributed by atoms with Gasteiger partial charge in [0, 0.05) is 35.8 Å². The molecular formula is C31H37ClFN7O3. The van der Waals surface area contributed by atoms with E-state index in [9.17, 15) is 4.79 Å². The average molecular weight is 610 g/mol. The molecule has 0 saturated carbocycles. The number of aryl methyl sites for hydroxylation is 1. The minimum atomic E-state index is -0.557. The number of hydrogen-bond donors (Lipinski definition) is 6. The summed E-state index contributed by atoms with van der Waals surface area (Å²) in [6.07, 6.45) is 4.52. The van der Waals surface area contributed by atoms with E-state index < -0.39 is 11.5 Å². The summed E-state index contributed by atoms with van der Waals surface area (Å²) in [6.45, 7) is 3.50. The number of halogens is 2. The molecule has 0 unspecified atom stereocenters. The largest absolute Gasteiger partial charge is 0.395 e. The first kappa shape index (κ1) is 30.8. The average Bonchev–Trinajstić information content (AvgIpc) is 3.41. The maximum Gasteiger partial charge on any atom is 0.354 e. The number of benzene rings is 2. The maximum absolute atomic E-state index is 15.1. The van der Waals surface area contributed by atoms with Crippen molar-refractivity contribution in [2.24, 2.45) is 5.73 Å². The predicted molar refractivity (Wildman–Crippen MR) is 167 cm³/mol. The fourth-order valence-corrected chi connectivity index (χ4v) is 5.58. The third kappa shape index (κ3) is 7.49. The molecule has 10 nitrogen and oxygen atoms in total. The summed E-state index contributed by atoms with van der Waals surface area (Å²) < 4.78 is 22.4. The zero-order valence-electron chi connectivity index (χ0n) is 24.0. The summed E-state index contributed by atoms with van der Waals surface area (Å²) in [7, 11) is 0. The highest BCUT2D eigenvalue weighted by molar-refractivity contribution is 6.31. The van der Waals surface area contributed by atoms with Crippen LogP contribution in [0.4, 0.5) is 4.39 Å². The molecule has 1 aliphatic heterocycles. The Hall–Kier alpha value is -3.61. The van der Waals surface area contributed by atoms with E-state index in [2.05, 4.69) is 20.6 Å². The maximum atomic E-state index is 15.1. The van der Waals surface area contributed by atoms with Gasteiger partial charge in [-0.1, -0.05) is 23.7 Å². The number of ether oxygens (including phenoxy) is 1. The Kier molecular flexibility index (Phi) is 9.89. The van der Waals surface area contributed by atoms with Gasteiger partial charge < -0.3 is 31.2 Å². The quantitative estimate of drug-likeness (QED) is 0.112. The summed E-state index contributed by atoms with van der Waals surface area (Å²) >= 11 is 6.23. The van der Waals surface area contributed by atoms with Gasteiger partial charge in [-0.2, -0.15) is 4.98 Å². The van der Waals surface area contributed by atoms with Crippen molar-refractivity contribution in [3.8, 4) is 16.9 Å². The molecule has 3 heterocycles. The lowest BCUT2D eigenvalue weighted by Gasteiger charge is -2.31. The van der Waals surface area contributed by atoms with E-state index in [-0.39, 0.29) is 29.8 Å². The molecule has 0 aliphatic carbocycles. The third-order valence-electron chi connectivity index (χ3n) is 7.66. The van der Waals surface area contributed by atoms with Crippen LogP contribution >= 0.6 is 11.6 Å². The van der Waals surface area contributed by atoms with Crippen molar-refractivity contribution in [2.45, 2.75) is 50.7 Å². The molecule has 12 heteroatoms. The van der Waals surface area contributed by atoms with Crippen LogP contribution in [-0.4, -0.2) is 63.9 Å². The van der Waals surface area contributed by atoms with Crippen LogP contribution in [0.1, 0.15) is 43.4 Å². The third-order valence-corrected chi connectivity index (χ3v) is 7.93. The summed E-state index contributed by atoms with van der Waals surface area (Å²) in [6, 6.07) is 12.7. The van der Waals surface area contributed by atoms with Crippen LogP contribution in [0, 0.1) is 11.2 Å². The van der Waals surface area contributed by atoms with Crippen molar-refractivity contribution >= 4 is 28.5 Å². The van der Waals surface area contributed by atoms with Crippen LogP contribution in [-0.2, 0) is 11.2 Å². The Morgan fingerprint density at radius 3 is 2.84 bits per heavy atom. The van der Waals surface area contributed by atoms with E-state index >= 15 is 4.39 Å². The van der Waals surface area contributed by atoms with Gasteiger partial charge in [-0.25, -0.2) is 9.18 Å². The Morgan fingerprint density at radius 2 is 2.09 bits per heavy atom. The lowest BCUT2D eigenvalue weighted by Crippen LogP contribution is -2.45. The highest BCUT2D eigenvalue weighted by Gasteiger charge is 2.23. The van der Waals surface area contributed by atoms with Crippen molar-refractivity contribution in [3.63, 3.8) is 0 Å². The first-order valence-electron chi connectivity index (χ1n) is 14.4. The second-order valence-corrected chi connectivity index (χ2v) is 11.4. The van der Waals surface area contributed by atoms with Crippen molar-refractivity contribution < 1.29 is 14.2 Å². The van der Waals surface area contributed by atoms with E-state index in [4.69, 9.17) is 32.6 Å². The Bertz CT molecular complexity index is 1640. The first-order chi connectivity index (χ1) is 20.7. The van der Waals surface area contributed by atoms with E-state index in [0.29, 0.717) is 66.4 Å². The lowest BCUT2D eigenvalue weighted by atomic mass is 10.0. The van der Waals surface area contributed by atoms with Crippen molar-refractivity contribution in [2.75, 3.05) is 26.4 Å². The van der Waals surface area contributed by atoms with Crippen LogP contribution in [0.3, 0.4) is 0 Å². The SMILES string of the molecule is CC(=N)NCC[C@@H]1COC[C@@H](c2ccc(-n3cc4cc(-c5cc(CCC[C@@H](N)CO)cc(Cl)c5F)[nH]c4nc3=O)cc2)N1. The van der Waals surface area contributed by atoms with Gasteiger partial charge in [0.1, 0.15) is 5.65 Å². The number of nitrogens with two attached hydrogens (primary N) is 1. The van der Waals surface area contributed by atoms with Gasteiger partial charge in [-0.05, 0) is 74.1 Å². The number of aromatic nitrogens is 3. The van der Waals surface area contributed by atoms with Crippen LogP contribution < -0.4 is 22.1 Å². The number of fused-ring (bicyclic) bond motifs is 1. The molecule has 1 fully saturated rings. The molecule has 1 aliphatic rings. The Labute approximate surface area is 253 Å². The second-order valence-electron chi connectivity index (χ2n) is 11.0. The minimum absolute atomic E-state index is 0.00698. The molecule has 0 bridgehead atoms. The standard InChI is InChI=1S/C31H37ClFN7O3/c1-18(34)36-10-9-23-16-43-17-28(37-23)20-5-7-24(8-6-20)40-14-21-13-27(38-30(21)39-31(40)42)25-11-19(12-26(32)29(25)33)3-2-4-22(35)15-41/h5-8,11-14,22-23,28,37,41H,2-4,9-10,15-17,35H2,1H3,(H2,34,36)(H,38,39,42)/t22-,23-,28+/m1/s1. The highest BCUT2D eigenvalue weighted by atomic mass is 35.5.